The molecular weight excluding hydrogens is 276 g/mol. The average Bonchev–Trinajstić information content (AvgIpc) is 2.75. The van der Waals surface area contributed by atoms with Gasteiger partial charge in [-0.3, -0.25) is 4.90 Å². The van der Waals surface area contributed by atoms with Crippen molar-refractivity contribution in [3.8, 4) is 5.75 Å². The van der Waals surface area contributed by atoms with Crippen LogP contribution in [0.3, 0.4) is 0 Å². The first-order valence-corrected chi connectivity index (χ1v) is 7.44. The highest BCUT2D eigenvalue weighted by Gasteiger charge is 2.43. The number of ether oxygens (including phenoxy) is 2. The Hall–Kier alpha value is -1.20. The summed E-state index contributed by atoms with van der Waals surface area (Å²) in [6.45, 7) is 4.47. The third-order valence-corrected chi connectivity index (χ3v) is 4.41. The number of hydrogen-bond donors (Lipinski definition) is 0. The molecule has 1 aromatic carbocycles. The molecule has 0 N–H and O–H groups in total. The van der Waals surface area contributed by atoms with Crippen molar-refractivity contribution in [2.45, 2.75) is 58.0 Å². The zero-order valence-electron chi connectivity index (χ0n) is 12.6. The van der Waals surface area contributed by atoms with Gasteiger partial charge in [0, 0.05) is 18.5 Å². The summed E-state index contributed by atoms with van der Waals surface area (Å²) < 4.78 is 35.1. The molecule has 0 bridgehead atoms. The molecule has 1 heterocycles. The first-order chi connectivity index (χ1) is 9.97. The van der Waals surface area contributed by atoms with E-state index in [9.17, 15) is 8.78 Å². The van der Waals surface area contributed by atoms with Gasteiger partial charge in [-0.05, 0) is 44.0 Å². The van der Waals surface area contributed by atoms with Gasteiger partial charge < -0.3 is 9.47 Å². The second-order valence-electron chi connectivity index (χ2n) is 6.15. The number of hydrogen-bond acceptors (Lipinski definition) is 3. The van der Waals surface area contributed by atoms with E-state index in [1.54, 1.807) is 12.1 Å². The fraction of sp³-hybridized carbons (Fsp3) is 0.625. The van der Waals surface area contributed by atoms with Crippen molar-refractivity contribution in [3.63, 3.8) is 0 Å². The lowest BCUT2D eigenvalue weighted by molar-refractivity contribution is -0.104. The Morgan fingerprint density at radius 3 is 2.76 bits per heavy atom. The number of halogens is 2. The molecule has 1 aromatic rings. The fourth-order valence-corrected chi connectivity index (χ4v) is 3.71. The Bertz CT molecular complexity index is 521. The summed E-state index contributed by atoms with van der Waals surface area (Å²) in [4.78, 5) is 2.47. The molecule has 116 valence electrons. The van der Waals surface area contributed by atoms with Gasteiger partial charge in [0.2, 0.25) is 0 Å². The zero-order chi connectivity index (χ0) is 15.1. The van der Waals surface area contributed by atoms with E-state index in [0.29, 0.717) is 18.7 Å². The Morgan fingerprint density at radius 2 is 2.10 bits per heavy atom. The maximum absolute atomic E-state index is 12.3. The molecule has 21 heavy (non-hydrogen) atoms. The van der Waals surface area contributed by atoms with Crippen molar-refractivity contribution < 1.29 is 18.3 Å². The van der Waals surface area contributed by atoms with Crippen molar-refractivity contribution in [2.24, 2.45) is 0 Å². The van der Waals surface area contributed by atoms with E-state index in [4.69, 9.17) is 4.74 Å². The molecule has 0 aromatic heterocycles. The van der Waals surface area contributed by atoms with E-state index in [1.165, 1.54) is 5.56 Å². The molecule has 0 radical (unpaired) electrons. The van der Waals surface area contributed by atoms with E-state index in [1.807, 2.05) is 6.07 Å². The summed E-state index contributed by atoms with van der Waals surface area (Å²) in [5.74, 6) is 0.228. The standard InChI is InChI=1S/C16H21F2NO2/c1-9(2)19-10(3)8-20-14-7-11-6-12(21-16(17)18)4-5-13(11)15(14)19/h4-6,9-10,14-16H,7-8H2,1-3H3. The molecule has 3 rings (SSSR count). The Kier molecular flexibility index (Phi) is 3.88. The molecule has 5 heteroatoms. The van der Waals surface area contributed by atoms with Crippen LogP contribution in [0.25, 0.3) is 0 Å². The number of nitrogens with zero attached hydrogens (tertiary/aromatic N) is 1. The predicted molar refractivity (Wildman–Crippen MR) is 75.7 cm³/mol. The van der Waals surface area contributed by atoms with E-state index >= 15 is 0 Å². The van der Waals surface area contributed by atoms with E-state index in [-0.39, 0.29) is 17.9 Å². The van der Waals surface area contributed by atoms with E-state index in [0.717, 1.165) is 12.0 Å². The molecule has 3 unspecified atom stereocenters. The third-order valence-electron chi connectivity index (χ3n) is 4.41. The highest BCUT2D eigenvalue weighted by atomic mass is 19.3. The van der Waals surface area contributed by atoms with Gasteiger partial charge >= 0.3 is 6.61 Å². The van der Waals surface area contributed by atoms with E-state index < -0.39 is 6.61 Å². The second kappa shape index (κ2) is 5.54. The van der Waals surface area contributed by atoms with Gasteiger partial charge in [-0.15, -0.1) is 0 Å². The number of fused-ring (bicyclic) bond motifs is 3. The molecule has 1 aliphatic heterocycles. The minimum absolute atomic E-state index is 0.111. The molecule has 0 saturated carbocycles. The molecular formula is C16H21F2NO2. The quantitative estimate of drug-likeness (QED) is 0.853. The van der Waals surface area contributed by atoms with Crippen LogP contribution < -0.4 is 4.74 Å². The van der Waals surface area contributed by atoms with Crippen molar-refractivity contribution in [1.29, 1.82) is 0 Å². The molecule has 1 fully saturated rings. The third kappa shape index (κ3) is 2.64. The van der Waals surface area contributed by atoms with Crippen LogP contribution in [0.15, 0.2) is 18.2 Å². The summed E-state index contributed by atoms with van der Waals surface area (Å²) in [6, 6.07) is 6.25. The van der Waals surface area contributed by atoms with Crippen molar-refractivity contribution >= 4 is 0 Å². The maximum Gasteiger partial charge on any atom is 0.387 e. The molecule has 2 aliphatic rings. The lowest BCUT2D eigenvalue weighted by Gasteiger charge is -2.45. The topological polar surface area (TPSA) is 21.7 Å². The normalized spacial score (nSPS) is 28.8. The van der Waals surface area contributed by atoms with Gasteiger partial charge in [0.1, 0.15) is 5.75 Å². The molecule has 3 nitrogen and oxygen atoms in total. The van der Waals surface area contributed by atoms with Gasteiger partial charge in [-0.2, -0.15) is 8.78 Å². The lowest BCUT2D eigenvalue weighted by Crippen LogP contribution is -2.51. The van der Waals surface area contributed by atoms with E-state index in [2.05, 4.69) is 30.4 Å². The maximum atomic E-state index is 12.3. The summed E-state index contributed by atoms with van der Waals surface area (Å²) in [5, 5.41) is 0. The molecule has 0 amide bonds. The average molecular weight is 297 g/mol. The molecule has 3 atom stereocenters. The Balaban J connectivity index is 1.92. The van der Waals surface area contributed by atoms with Crippen LogP contribution in [0.1, 0.15) is 37.9 Å². The highest BCUT2D eigenvalue weighted by molar-refractivity contribution is 5.42. The zero-order valence-corrected chi connectivity index (χ0v) is 12.6. The Labute approximate surface area is 123 Å². The van der Waals surface area contributed by atoms with Crippen molar-refractivity contribution in [3.05, 3.63) is 29.3 Å². The molecule has 1 saturated heterocycles. The fourth-order valence-electron chi connectivity index (χ4n) is 3.71. The highest BCUT2D eigenvalue weighted by Crippen LogP contribution is 2.43. The summed E-state index contributed by atoms with van der Waals surface area (Å²) in [6.07, 6.45) is 0.872. The monoisotopic (exact) mass is 297 g/mol. The number of benzene rings is 1. The van der Waals surface area contributed by atoms with Crippen LogP contribution in [-0.2, 0) is 11.2 Å². The predicted octanol–water partition coefficient (Wildman–Crippen LogP) is 3.38. The van der Waals surface area contributed by atoms with Gasteiger partial charge in [-0.1, -0.05) is 6.07 Å². The Morgan fingerprint density at radius 1 is 1.33 bits per heavy atom. The van der Waals surface area contributed by atoms with Gasteiger partial charge in [0.25, 0.3) is 0 Å². The summed E-state index contributed by atoms with van der Waals surface area (Å²) in [7, 11) is 0. The number of rotatable bonds is 3. The first-order valence-electron chi connectivity index (χ1n) is 7.44. The first kappa shape index (κ1) is 14.7. The van der Waals surface area contributed by atoms with Gasteiger partial charge in [-0.25, -0.2) is 0 Å². The van der Waals surface area contributed by atoms with Gasteiger partial charge in [0.15, 0.2) is 0 Å². The molecule has 0 spiro atoms. The van der Waals surface area contributed by atoms with Crippen LogP contribution in [-0.4, -0.2) is 36.3 Å². The van der Waals surface area contributed by atoms with Crippen LogP contribution in [0, 0.1) is 0 Å². The minimum atomic E-state index is -2.78. The van der Waals surface area contributed by atoms with Crippen LogP contribution in [0.5, 0.6) is 5.75 Å². The number of morpholine rings is 1. The summed E-state index contributed by atoms with van der Waals surface area (Å²) in [5.41, 5.74) is 2.24. The van der Waals surface area contributed by atoms with Gasteiger partial charge in [0.05, 0.1) is 18.8 Å². The van der Waals surface area contributed by atoms with Crippen LogP contribution in [0.2, 0.25) is 0 Å². The molecule has 1 aliphatic carbocycles. The largest absolute Gasteiger partial charge is 0.435 e. The summed E-state index contributed by atoms with van der Waals surface area (Å²) >= 11 is 0. The van der Waals surface area contributed by atoms with Crippen molar-refractivity contribution in [1.82, 2.24) is 4.90 Å². The van der Waals surface area contributed by atoms with Crippen LogP contribution >= 0.6 is 0 Å². The number of alkyl halides is 2. The van der Waals surface area contributed by atoms with Crippen LogP contribution in [0.4, 0.5) is 8.78 Å². The van der Waals surface area contributed by atoms with Crippen molar-refractivity contribution in [2.75, 3.05) is 6.61 Å². The lowest BCUT2D eigenvalue weighted by atomic mass is 10.0. The minimum Gasteiger partial charge on any atom is -0.435 e. The second-order valence-corrected chi connectivity index (χ2v) is 6.15. The SMILES string of the molecule is CC(C)N1C(C)COC2Cc3cc(OC(F)F)ccc3C21. The smallest absolute Gasteiger partial charge is 0.387 e.